The van der Waals surface area contributed by atoms with Crippen molar-refractivity contribution in [1.82, 2.24) is 9.55 Å². The number of carbonyl (C=O) groups is 1. The summed E-state index contributed by atoms with van der Waals surface area (Å²) < 4.78 is 1.76. The predicted molar refractivity (Wildman–Crippen MR) is 53.2 cm³/mol. The van der Waals surface area contributed by atoms with E-state index >= 15 is 0 Å². The summed E-state index contributed by atoms with van der Waals surface area (Å²) in [5, 5.41) is 8.99. The SMILES string of the molecule is CCCc1nccn1C(CC)C(=O)O. The minimum absolute atomic E-state index is 0.473. The third-order valence-electron chi connectivity index (χ3n) is 2.23. The highest BCUT2D eigenvalue weighted by Gasteiger charge is 2.18. The summed E-state index contributed by atoms with van der Waals surface area (Å²) in [5.41, 5.74) is 0. The fraction of sp³-hybridized carbons (Fsp3) is 0.600. The number of hydrogen-bond acceptors (Lipinski definition) is 2. The van der Waals surface area contributed by atoms with Crippen LogP contribution in [-0.2, 0) is 11.2 Å². The molecular formula is C10H16N2O2. The number of aromatic nitrogens is 2. The zero-order valence-electron chi connectivity index (χ0n) is 8.60. The highest BCUT2D eigenvalue weighted by atomic mass is 16.4. The lowest BCUT2D eigenvalue weighted by molar-refractivity contribution is -0.141. The second kappa shape index (κ2) is 4.79. The molecule has 0 aromatic carbocycles. The van der Waals surface area contributed by atoms with Gasteiger partial charge >= 0.3 is 5.97 Å². The molecule has 1 heterocycles. The monoisotopic (exact) mass is 196 g/mol. The van der Waals surface area contributed by atoms with E-state index in [0.717, 1.165) is 18.7 Å². The maximum Gasteiger partial charge on any atom is 0.326 e. The lowest BCUT2D eigenvalue weighted by atomic mass is 10.2. The van der Waals surface area contributed by atoms with Gasteiger partial charge in [-0.25, -0.2) is 9.78 Å². The molecule has 14 heavy (non-hydrogen) atoms. The highest BCUT2D eigenvalue weighted by Crippen LogP contribution is 2.14. The van der Waals surface area contributed by atoms with Gasteiger partial charge in [0.05, 0.1) is 0 Å². The van der Waals surface area contributed by atoms with Gasteiger partial charge in [-0.1, -0.05) is 13.8 Å². The van der Waals surface area contributed by atoms with Gasteiger partial charge in [0.15, 0.2) is 0 Å². The average Bonchev–Trinajstić information content (AvgIpc) is 2.55. The van der Waals surface area contributed by atoms with E-state index < -0.39 is 12.0 Å². The van der Waals surface area contributed by atoms with Gasteiger partial charge in [-0.3, -0.25) is 0 Å². The standard InChI is InChI=1S/C10H16N2O2/c1-3-5-9-11-6-7-12(9)8(4-2)10(13)14/h6-8H,3-5H2,1-2H3,(H,13,14). The van der Waals surface area contributed by atoms with Crippen molar-refractivity contribution in [3.8, 4) is 0 Å². The van der Waals surface area contributed by atoms with E-state index in [0.29, 0.717) is 6.42 Å². The Morgan fingerprint density at radius 1 is 1.64 bits per heavy atom. The van der Waals surface area contributed by atoms with E-state index in [4.69, 9.17) is 5.11 Å². The molecule has 0 saturated heterocycles. The van der Waals surface area contributed by atoms with Crippen LogP contribution in [0.25, 0.3) is 0 Å². The quantitative estimate of drug-likeness (QED) is 0.782. The molecule has 0 aliphatic rings. The smallest absolute Gasteiger partial charge is 0.326 e. The second-order valence-electron chi connectivity index (χ2n) is 3.26. The van der Waals surface area contributed by atoms with Crippen LogP contribution in [0, 0.1) is 0 Å². The first-order chi connectivity index (χ1) is 6.70. The molecule has 0 aliphatic carbocycles. The van der Waals surface area contributed by atoms with Crippen molar-refractivity contribution < 1.29 is 9.90 Å². The summed E-state index contributed by atoms with van der Waals surface area (Å²) in [6, 6.07) is -0.473. The minimum atomic E-state index is -0.789. The van der Waals surface area contributed by atoms with Crippen LogP contribution in [0.2, 0.25) is 0 Å². The average molecular weight is 196 g/mol. The molecule has 4 nitrogen and oxygen atoms in total. The van der Waals surface area contributed by atoms with Gasteiger partial charge in [-0.2, -0.15) is 0 Å². The van der Waals surface area contributed by atoms with Crippen molar-refractivity contribution in [1.29, 1.82) is 0 Å². The molecule has 0 bridgehead atoms. The predicted octanol–water partition coefficient (Wildman–Crippen LogP) is 1.87. The summed E-state index contributed by atoms with van der Waals surface area (Å²) in [5.74, 6) is 0.0737. The second-order valence-corrected chi connectivity index (χ2v) is 3.26. The van der Waals surface area contributed by atoms with Crippen molar-refractivity contribution in [3.63, 3.8) is 0 Å². The van der Waals surface area contributed by atoms with Crippen LogP contribution >= 0.6 is 0 Å². The van der Waals surface area contributed by atoms with Gasteiger partial charge in [0, 0.05) is 18.8 Å². The lowest BCUT2D eigenvalue weighted by Gasteiger charge is -2.14. The van der Waals surface area contributed by atoms with Gasteiger partial charge in [0.1, 0.15) is 11.9 Å². The van der Waals surface area contributed by atoms with Crippen LogP contribution in [0.1, 0.15) is 38.6 Å². The summed E-state index contributed by atoms with van der Waals surface area (Å²) >= 11 is 0. The molecule has 0 aliphatic heterocycles. The van der Waals surface area contributed by atoms with E-state index in [9.17, 15) is 4.79 Å². The van der Waals surface area contributed by atoms with Crippen molar-refractivity contribution in [3.05, 3.63) is 18.2 Å². The topological polar surface area (TPSA) is 55.1 Å². The number of aliphatic carboxylic acids is 1. The van der Waals surface area contributed by atoms with Crippen molar-refractivity contribution in [2.75, 3.05) is 0 Å². The molecule has 1 atom stereocenters. The van der Waals surface area contributed by atoms with Gasteiger partial charge in [0.25, 0.3) is 0 Å². The van der Waals surface area contributed by atoms with Crippen LogP contribution in [0.3, 0.4) is 0 Å². The van der Waals surface area contributed by atoms with E-state index in [2.05, 4.69) is 11.9 Å². The van der Waals surface area contributed by atoms with Gasteiger partial charge in [-0.05, 0) is 12.8 Å². The summed E-state index contributed by atoms with van der Waals surface area (Å²) in [6.07, 6.45) is 5.80. The molecule has 1 N–H and O–H groups in total. The largest absolute Gasteiger partial charge is 0.480 e. The fourth-order valence-electron chi connectivity index (χ4n) is 1.54. The number of carboxylic acid groups (broad SMARTS) is 1. The van der Waals surface area contributed by atoms with Crippen LogP contribution < -0.4 is 0 Å². The summed E-state index contributed by atoms with van der Waals surface area (Å²) in [7, 11) is 0. The van der Waals surface area contributed by atoms with Crippen LogP contribution in [0.4, 0.5) is 0 Å². The van der Waals surface area contributed by atoms with Crippen LogP contribution in [0.15, 0.2) is 12.4 Å². The number of carboxylic acids is 1. The number of aryl methyl sites for hydroxylation is 1. The molecule has 1 aromatic heterocycles. The van der Waals surface area contributed by atoms with E-state index in [1.165, 1.54) is 0 Å². The zero-order valence-corrected chi connectivity index (χ0v) is 8.60. The Hall–Kier alpha value is -1.32. The van der Waals surface area contributed by atoms with Gasteiger partial charge in [0.2, 0.25) is 0 Å². The van der Waals surface area contributed by atoms with Crippen molar-refractivity contribution in [2.45, 2.75) is 39.2 Å². The Labute approximate surface area is 83.6 Å². The first-order valence-corrected chi connectivity index (χ1v) is 4.95. The number of imidazole rings is 1. The van der Waals surface area contributed by atoms with Crippen LogP contribution in [0.5, 0.6) is 0 Å². The number of nitrogens with zero attached hydrogens (tertiary/aromatic N) is 2. The maximum atomic E-state index is 10.9. The Morgan fingerprint density at radius 2 is 2.36 bits per heavy atom. The molecular weight excluding hydrogens is 180 g/mol. The molecule has 1 aromatic rings. The first-order valence-electron chi connectivity index (χ1n) is 4.95. The molecule has 0 radical (unpaired) electrons. The molecule has 0 amide bonds. The molecule has 1 rings (SSSR count). The first kappa shape index (κ1) is 10.8. The van der Waals surface area contributed by atoms with Crippen LogP contribution in [-0.4, -0.2) is 20.6 Å². The number of rotatable bonds is 5. The molecule has 78 valence electrons. The summed E-state index contributed by atoms with van der Waals surface area (Å²) in [4.78, 5) is 15.1. The third-order valence-corrected chi connectivity index (χ3v) is 2.23. The minimum Gasteiger partial charge on any atom is -0.480 e. The molecule has 0 fully saturated rings. The fourth-order valence-corrected chi connectivity index (χ4v) is 1.54. The molecule has 1 unspecified atom stereocenters. The zero-order chi connectivity index (χ0) is 10.6. The highest BCUT2D eigenvalue weighted by molar-refractivity contribution is 5.71. The maximum absolute atomic E-state index is 10.9. The Balaban J connectivity index is 2.91. The molecule has 0 saturated carbocycles. The van der Waals surface area contributed by atoms with Gasteiger partial charge < -0.3 is 9.67 Å². The molecule has 0 spiro atoms. The lowest BCUT2D eigenvalue weighted by Crippen LogP contribution is -2.19. The Bertz CT molecular complexity index is 307. The Morgan fingerprint density at radius 3 is 2.86 bits per heavy atom. The number of hydrogen-bond donors (Lipinski definition) is 1. The normalized spacial score (nSPS) is 12.7. The van der Waals surface area contributed by atoms with Crippen molar-refractivity contribution in [2.24, 2.45) is 0 Å². The molecule has 4 heteroatoms. The van der Waals surface area contributed by atoms with E-state index in [1.54, 1.807) is 17.0 Å². The Kier molecular flexibility index (Phi) is 3.68. The summed E-state index contributed by atoms with van der Waals surface area (Å²) in [6.45, 7) is 3.93. The van der Waals surface area contributed by atoms with E-state index in [1.807, 2.05) is 6.92 Å². The van der Waals surface area contributed by atoms with Gasteiger partial charge in [-0.15, -0.1) is 0 Å². The van der Waals surface area contributed by atoms with E-state index in [-0.39, 0.29) is 0 Å². The third kappa shape index (κ3) is 2.13. The van der Waals surface area contributed by atoms with Crippen molar-refractivity contribution >= 4 is 5.97 Å².